The molecule has 2 fully saturated rings. The largest absolute Gasteiger partial charge is 0.435 e. The van der Waals surface area contributed by atoms with Gasteiger partial charge in [0.1, 0.15) is 5.75 Å². The van der Waals surface area contributed by atoms with E-state index in [2.05, 4.69) is 19.9 Å². The summed E-state index contributed by atoms with van der Waals surface area (Å²) in [7, 11) is 0. The Morgan fingerprint density at radius 1 is 1.10 bits per heavy atom. The molecule has 0 aromatic heterocycles. The molecule has 1 aromatic rings. The Kier molecular flexibility index (Phi) is 4.67. The predicted octanol–water partition coefficient (Wildman–Crippen LogP) is 1.38. The minimum Gasteiger partial charge on any atom is -0.435 e. The number of nitrogens with one attached hydrogen (secondary N) is 1. The average Bonchev–Trinajstić information content (AvgIpc) is 2.41. The molecule has 0 amide bonds. The lowest BCUT2D eigenvalue weighted by Gasteiger charge is -2.43. The smallest absolute Gasteiger partial charge is 0.387 e. The van der Waals surface area contributed by atoms with E-state index in [0.29, 0.717) is 0 Å². The summed E-state index contributed by atoms with van der Waals surface area (Å²) < 4.78 is 28.5. The van der Waals surface area contributed by atoms with Crippen molar-refractivity contribution in [1.29, 1.82) is 0 Å². The van der Waals surface area contributed by atoms with Gasteiger partial charge in [-0.25, -0.2) is 0 Å². The molecule has 4 nitrogen and oxygen atoms in total. The molecule has 0 unspecified atom stereocenters. The van der Waals surface area contributed by atoms with E-state index < -0.39 is 6.61 Å². The van der Waals surface area contributed by atoms with Gasteiger partial charge in [0.05, 0.1) is 0 Å². The van der Waals surface area contributed by atoms with E-state index in [-0.39, 0.29) is 5.75 Å². The van der Waals surface area contributed by atoms with Crippen LogP contribution >= 0.6 is 0 Å². The normalized spacial score (nSPS) is 21.5. The average molecular weight is 297 g/mol. The molecule has 0 radical (unpaired) electrons. The van der Waals surface area contributed by atoms with E-state index in [1.165, 1.54) is 0 Å². The van der Waals surface area contributed by atoms with Crippen molar-refractivity contribution in [3.8, 4) is 5.75 Å². The molecule has 2 heterocycles. The number of rotatable bonds is 5. The third-order valence-electron chi connectivity index (χ3n) is 4.24. The van der Waals surface area contributed by atoms with Crippen molar-refractivity contribution in [1.82, 2.24) is 15.1 Å². The molecule has 0 aliphatic carbocycles. The molecule has 2 saturated heterocycles. The van der Waals surface area contributed by atoms with E-state index in [0.717, 1.165) is 57.4 Å². The van der Waals surface area contributed by atoms with E-state index in [9.17, 15) is 8.78 Å². The fourth-order valence-electron chi connectivity index (χ4n) is 2.85. The second kappa shape index (κ2) is 6.68. The fraction of sp³-hybridized carbons (Fsp3) is 0.600. The summed E-state index contributed by atoms with van der Waals surface area (Å²) in [4.78, 5) is 4.96. The van der Waals surface area contributed by atoms with Crippen molar-refractivity contribution in [3.63, 3.8) is 0 Å². The van der Waals surface area contributed by atoms with Crippen LogP contribution in [0.15, 0.2) is 24.3 Å². The maximum atomic E-state index is 12.1. The van der Waals surface area contributed by atoms with Crippen molar-refractivity contribution >= 4 is 0 Å². The van der Waals surface area contributed by atoms with Crippen LogP contribution in [-0.4, -0.2) is 61.7 Å². The lowest BCUT2D eigenvalue weighted by atomic mass is 10.1. The zero-order valence-electron chi connectivity index (χ0n) is 12.0. The van der Waals surface area contributed by atoms with E-state index in [1.807, 2.05) is 12.1 Å². The molecule has 1 N–H and O–H groups in total. The summed E-state index contributed by atoms with van der Waals surface area (Å²) >= 11 is 0. The van der Waals surface area contributed by atoms with Crippen molar-refractivity contribution in [2.45, 2.75) is 19.2 Å². The molecular formula is C15H21F2N3O. The van der Waals surface area contributed by atoms with E-state index in [4.69, 9.17) is 0 Å². The van der Waals surface area contributed by atoms with Crippen molar-refractivity contribution in [2.75, 3.05) is 39.3 Å². The molecule has 0 spiro atoms. The first-order valence-electron chi connectivity index (χ1n) is 7.41. The molecular weight excluding hydrogens is 276 g/mol. The number of hydrogen-bond donors (Lipinski definition) is 1. The number of ether oxygens (including phenoxy) is 1. The van der Waals surface area contributed by atoms with Gasteiger partial charge in [-0.3, -0.25) is 9.80 Å². The van der Waals surface area contributed by atoms with Gasteiger partial charge in [-0.05, 0) is 17.7 Å². The van der Waals surface area contributed by atoms with Crippen molar-refractivity contribution in [2.24, 2.45) is 0 Å². The second-order valence-corrected chi connectivity index (χ2v) is 5.65. The van der Waals surface area contributed by atoms with E-state index >= 15 is 0 Å². The lowest BCUT2D eigenvalue weighted by Crippen LogP contribution is -2.61. The monoisotopic (exact) mass is 297 g/mol. The molecule has 21 heavy (non-hydrogen) atoms. The van der Waals surface area contributed by atoms with Crippen LogP contribution in [0, 0.1) is 0 Å². The highest BCUT2D eigenvalue weighted by Gasteiger charge is 2.27. The Hall–Kier alpha value is -1.24. The zero-order chi connectivity index (χ0) is 14.7. The Bertz CT molecular complexity index is 443. The van der Waals surface area contributed by atoms with Gasteiger partial charge in [0.2, 0.25) is 0 Å². The predicted molar refractivity (Wildman–Crippen MR) is 76.6 cm³/mol. The highest BCUT2D eigenvalue weighted by Crippen LogP contribution is 2.17. The van der Waals surface area contributed by atoms with Gasteiger partial charge in [0.15, 0.2) is 0 Å². The minimum absolute atomic E-state index is 0.219. The molecule has 0 atom stereocenters. The summed E-state index contributed by atoms with van der Waals surface area (Å²) in [6, 6.07) is 7.66. The topological polar surface area (TPSA) is 27.7 Å². The quantitative estimate of drug-likeness (QED) is 0.888. The van der Waals surface area contributed by atoms with Crippen LogP contribution in [0.25, 0.3) is 0 Å². The summed E-state index contributed by atoms with van der Waals surface area (Å²) in [5, 5.41) is 3.31. The van der Waals surface area contributed by atoms with Gasteiger partial charge in [0, 0.05) is 51.9 Å². The lowest BCUT2D eigenvalue weighted by molar-refractivity contribution is -0.0498. The molecule has 6 heteroatoms. The standard InChI is InChI=1S/C15H21F2N3O/c16-15(17)21-14-3-1-12(2-4-14)11-19-5-7-20(8-6-19)13-9-18-10-13/h1-4,13,15,18H,5-11H2. The highest BCUT2D eigenvalue weighted by atomic mass is 19.3. The van der Waals surface area contributed by atoms with Gasteiger partial charge in [0.25, 0.3) is 0 Å². The van der Waals surface area contributed by atoms with Gasteiger partial charge in [-0.15, -0.1) is 0 Å². The molecule has 3 rings (SSSR count). The van der Waals surface area contributed by atoms with Crippen LogP contribution in [0.2, 0.25) is 0 Å². The third-order valence-corrected chi connectivity index (χ3v) is 4.24. The summed E-state index contributed by atoms with van der Waals surface area (Å²) in [6.07, 6.45) is 0. The van der Waals surface area contributed by atoms with Crippen LogP contribution in [0.3, 0.4) is 0 Å². The summed E-state index contributed by atoms with van der Waals surface area (Å²) in [6.45, 7) is 4.68. The molecule has 0 bridgehead atoms. The Labute approximate surface area is 123 Å². The van der Waals surface area contributed by atoms with Gasteiger partial charge >= 0.3 is 6.61 Å². The second-order valence-electron chi connectivity index (χ2n) is 5.65. The van der Waals surface area contributed by atoms with Crippen LogP contribution in [0.5, 0.6) is 5.75 Å². The Balaban J connectivity index is 1.46. The van der Waals surface area contributed by atoms with Crippen LogP contribution < -0.4 is 10.1 Å². The number of alkyl halides is 2. The van der Waals surface area contributed by atoms with Crippen LogP contribution in [0.4, 0.5) is 8.78 Å². The number of hydrogen-bond acceptors (Lipinski definition) is 4. The molecule has 0 saturated carbocycles. The Morgan fingerprint density at radius 3 is 2.29 bits per heavy atom. The first-order valence-corrected chi connectivity index (χ1v) is 7.41. The molecule has 2 aliphatic heterocycles. The fourth-order valence-corrected chi connectivity index (χ4v) is 2.85. The van der Waals surface area contributed by atoms with Crippen molar-refractivity contribution < 1.29 is 13.5 Å². The van der Waals surface area contributed by atoms with Crippen molar-refractivity contribution in [3.05, 3.63) is 29.8 Å². The van der Waals surface area contributed by atoms with Crippen LogP contribution in [-0.2, 0) is 6.54 Å². The van der Waals surface area contributed by atoms with E-state index in [1.54, 1.807) is 12.1 Å². The van der Waals surface area contributed by atoms with Gasteiger partial charge in [-0.1, -0.05) is 12.1 Å². The number of benzene rings is 1. The zero-order valence-corrected chi connectivity index (χ0v) is 12.0. The molecule has 1 aromatic carbocycles. The highest BCUT2D eigenvalue weighted by molar-refractivity contribution is 5.27. The Morgan fingerprint density at radius 2 is 1.76 bits per heavy atom. The molecule has 2 aliphatic rings. The first kappa shape index (κ1) is 14.7. The SMILES string of the molecule is FC(F)Oc1ccc(CN2CCN(C3CNC3)CC2)cc1. The minimum atomic E-state index is -2.76. The summed E-state index contributed by atoms with van der Waals surface area (Å²) in [5.41, 5.74) is 1.13. The first-order chi connectivity index (χ1) is 10.2. The van der Waals surface area contributed by atoms with Gasteiger partial charge in [-0.2, -0.15) is 8.78 Å². The third kappa shape index (κ3) is 3.90. The van der Waals surface area contributed by atoms with Gasteiger partial charge < -0.3 is 10.1 Å². The molecule has 116 valence electrons. The maximum Gasteiger partial charge on any atom is 0.387 e. The van der Waals surface area contributed by atoms with Crippen LogP contribution in [0.1, 0.15) is 5.56 Å². The number of piperazine rings is 1. The maximum absolute atomic E-state index is 12.1. The number of halogens is 2. The number of nitrogens with zero attached hydrogens (tertiary/aromatic N) is 2. The summed E-state index contributed by atoms with van der Waals surface area (Å²) in [5.74, 6) is 0.219.